The largest absolute Gasteiger partial charge is 0.348 e. The van der Waals surface area contributed by atoms with E-state index in [1.807, 2.05) is 0 Å². The van der Waals surface area contributed by atoms with Crippen molar-refractivity contribution in [3.63, 3.8) is 0 Å². The third kappa shape index (κ3) is 2.12. The van der Waals surface area contributed by atoms with Gasteiger partial charge in [-0.1, -0.05) is 11.6 Å². The van der Waals surface area contributed by atoms with E-state index in [0.717, 1.165) is 6.07 Å². The van der Waals surface area contributed by atoms with Crippen LogP contribution in [0.1, 0.15) is 18.9 Å². The Morgan fingerprint density at radius 1 is 1.43 bits per heavy atom. The van der Waals surface area contributed by atoms with Crippen LogP contribution in [0.4, 0.5) is 10.1 Å². The van der Waals surface area contributed by atoms with E-state index in [4.69, 9.17) is 21.1 Å². The zero-order valence-corrected chi connectivity index (χ0v) is 11.9. The maximum absolute atomic E-state index is 13.7. The van der Waals surface area contributed by atoms with Crippen LogP contribution in [-0.2, 0) is 19.8 Å². The highest BCUT2D eigenvalue weighted by Crippen LogP contribution is 2.47. The van der Waals surface area contributed by atoms with Gasteiger partial charge >= 0.3 is 0 Å². The van der Waals surface area contributed by atoms with Crippen LogP contribution < -0.4 is 5.32 Å². The standard InChI is InChI=1S/C13H12ClFN2O4/c1-12(20-2-3-21-12)6-13(17-19)7-4-9(15)8(14)5-10(7)16-11(13)18/h4-5H,2-3,6H2,1H3,(H,16,18). The Morgan fingerprint density at radius 3 is 2.71 bits per heavy atom. The molecule has 0 aromatic heterocycles. The predicted octanol–water partition coefficient (Wildman–Crippen LogP) is 2.55. The average Bonchev–Trinajstić information content (AvgIpc) is 2.96. The summed E-state index contributed by atoms with van der Waals surface area (Å²) in [5, 5.41) is 5.35. The topological polar surface area (TPSA) is 77.0 Å². The molecule has 8 heteroatoms. The van der Waals surface area contributed by atoms with Gasteiger partial charge < -0.3 is 14.8 Å². The lowest BCUT2D eigenvalue weighted by Gasteiger charge is -2.29. The van der Waals surface area contributed by atoms with E-state index in [9.17, 15) is 14.1 Å². The van der Waals surface area contributed by atoms with Gasteiger partial charge in [-0.15, -0.1) is 4.91 Å². The number of amides is 1. The van der Waals surface area contributed by atoms with Crippen LogP contribution in [0.3, 0.4) is 0 Å². The second-order valence-corrected chi connectivity index (χ2v) is 5.63. The fourth-order valence-corrected chi connectivity index (χ4v) is 2.93. The van der Waals surface area contributed by atoms with Crippen LogP contribution in [0.5, 0.6) is 0 Å². The Hall–Kier alpha value is -1.57. The van der Waals surface area contributed by atoms with Crippen LogP contribution in [0.25, 0.3) is 0 Å². The van der Waals surface area contributed by atoms with Crippen molar-refractivity contribution in [2.45, 2.75) is 24.7 Å². The third-order valence-corrected chi connectivity index (χ3v) is 4.05. The summed E-state index contributed by atoms with van der Waals surface area (Å²) in [5.41, 5.74) is -1.38. The Morgan fingerprint density at radius 2 is 2.10 bits per heavy atom. The summed E-state index contributed by atoms with van der Waals surface area (Å²) in [6, 6.07) is 2.31. The van der Waals surface area contributed by atoms with Gasteiger partial charge in [0, 0.05) is 17.7 Å². The second kappa shape index (κ2) is 4.72. The lowest BCUT2D eigenvalue weighted by atomic mass is 9.85. The molecule has 2 heterocycles. The van der Waals surface area contributed by atoms with Gasteiger partial charge in [0.25, 0.3) is 5.91 Å². The lowest BCUT2D eigenvalue weighted by molar-refractivity contribution is -0.162. The molecule has 112 valence electrons. The van der Waals surface area contributed by atoms with Crippen molar-refractivity contribution in [1.82, 2.24) is 0 Å². The lowest BCUT2D eigenvalue weighted by Crippen LogP contribution is -2.41. The zero-order valence-electron chi connectivity index (χ0n) is 11.1. The molecule has 2 aliphatic rings. The SMILES string of the molecule is CC1(CC2(N=O)C(=O)Nc3cc(Cl)c(F)cc32)OCCO1. The van der Waals surface area contributed by atoms with Crippen molar-refractivity contribution in [2.75, 3.05) is 18.5 Å². The van der Waals surface area contributed by atoms with E-state index in [2.05, 4.69) is 10.5 Å². The van der Waals surface area contributed by atoms with E-state index in [-0.39, 0.29) is 22.7 Å². The summed E-state index contributed by atoms with van der Waals surface area (Å²) < 4.78 is 24.6. The number of ether oxygens (including phenoxy) is 2. The number of carbonyl (C=O) groups is 1. The first-order valence-electron chi connectivity index (χ1n) is 6.34. The van der Waals surface area contributed by atoms with E-state index >= 15 is 0 Å². The highest BCUT2D eigenvalue weighted by molar-refractivity contribution is 6.31. The summed E-state index contributed by atoms with van der Waals surface area (Å²) >= 11 is 5.69. The van der Waals surface area contributed by atoms with Crippen molar-refractivity contribution in [3.8, 4) is 0 Å². The first kappa shape index (κ1) is 14.4. The number of carbonyl (C=O) groups excluding carboxylic acids is 1. The molecule has 0 saturated carbocycles. The molecule has 0 radical (unpaired) electrons. The van der Waals surface area contributed by atoms with Crippen LogP contribution in [0.2, 0.25) is 5.02 Å². The molecule has 3 rings (SSSR count). The molecule has 2 aliphatic heterocycles. The first-order chi connectivity index (χ1) is 9.90. The van der Waals surface area contributed by atoms with E-state index in [0.29, 0.717) is 13.2 Å². The molecule has 21 heavy (non-hydrogen) atoms. The fraction of sp³-hybridized carbons (Fsp3) is 0.462. The molecule has 0 spiro atoms. The molecule has 1 unspecified atom stereocenters. The molecule has 0 aliphatic carbocycles. The van der Waals surface area contributed by atoms with Crippen molar-refractivity contribution >= 4 is 23.2 Å². The smallest absolute Gasteiger partial charge is 0.260 e. The Bertz CT molecular complexity index is 633. The number of halogens is 2. The van der Waals surface area contributed by atoms with Crippen molar-refractivity contribution in [2.24, 2.45) is 5.18 Å². The number of nitroso groups, excluding NO2 is 1. The van der Waals surface area contributed by atoms with Crippen molar-refractivity contribution < 1.29 is 18.7 Å². The van der Waals surface area contributed by atoms with Gasteiger partial charge in [-0.2, -0.15) is 0 Å². The van der Waals surface area contributed by atoms with Crippen LogP contribution in [-0.4, -0.2) is 24.9 Å². The molecule has 1 saturated heterocycles. The number of hydrogen-bond acceptors (Lipinski definition) is 5. The second-order valence-electron chi connectivity index (χ2n) is 5.23. The molecular weight excluding hydrogens is 303 g/mol. The maximum atomic E-state index is 13.7. The molecular formula is C13H12ClFN2O4. The number of nitrogens with one attached hydrogen (secondary N) is 1. The molecule has 1 aromatic carbocycles. The number of hydrogen-bond donors (Lipinski definition) is 1. The van der Waals surface area contributed by atoms with Gasteiger partial charge in [-0.3, -0.25) is 4.79 Å². The highest BCUT2D eigenvalue weighted by Gasteiger charge is 2.55. The Kier molecular flexibility index (Phi) is 3.23. The van der Waals surface area contributed by atoms with E-state index in [1.165, 1.54) is 6.07 Å². The van der Waals surface area contributed by atoms with Gasteiger partial charge in [0.1, 0.15) is 5.82 Å². The molecule has 1 fully saturated rings. The number of anilines is 1. The summed E-state index contributed by atoms with van der Waals surface area (Å²) in [5.74, 6) is -2.49. The molecule has 0 bridgehead atoms. The van der Waals surface area contributed by atoms with E-state index in [1.54, 1.807) is 6.92 Å². The summed E-state index contributed by atoms with van der Waals surface area (Å²) in [6.45, 7) is 2.33. The minimum atomic E-state index is -1.79. The highest BCUT2D eigenvalue weighted by atomic mass is 35.5. The molecule has 1 atom stereocenters. The Balaban J connectivity index is 2.08. The molecule has 1 N–H and O–H groups in total. The maximum Gasteiger partial charge on any atom is 0.260 e. The third-order valence-electron chi connectivity index (χ3n) is 3.76. The number of nitrogens with zero attached hydrogens (tertiary/aromatic N) is 1. The molecule has 1 aromatic rings. The van der Waals surface area contributed by atoms with Gasteiger partial charge in [0.2, 0.25) is 5.54 Å². The summed E-state index contributed by atoms with van der Waals surface area (Å²) in [4.78, 5) is 23.7. The van der Waals surface area contributed by atoms with Crippen molar-refractivity contribution in [3.05, 3.63) is 33.4 Å². The number of fused-ring (bicyclic) bond motifs is 1. The van der Waals surface area contributed by atoms with Crippen LogP contribution in [0, 0.1) is 10.7 Å². The molecule has 1 amide bonds. The zero-order chi connectivity index (χ0) is 15.3. The predicted molar refractivity (Wildman–Crippen MR) is 72.4 cm³/mol. The quantitative estimate of drug-likeness (QED) is 0.870. The van der Waals surface area contributed by atoms with Gasteiger partial charge in [-0.05, 0) is 24.2 Å². The van der Waals surface area contributed by atoms with Crippen LogP contribution >= 0.6 is 11.6 Å². The van der Waals surface area contributed by atoms with Gasteiger partial charge in [0.05, 0.1) is 18.2 Å². The van der Waals surface area contributed by atoms with Gasteiger partial charge in [-0.25, -0.2) is 4.39 Å². The first-order valence-corrected chi connectivity index (χ1v) is 6.71. The average molecular weight is 315 g/mol. The minimum Gasteiger partial charge on any atom is -0.348 e. The number of benzene rings is 1. The monoisotopic (exact) mass is 314 g/mol. The summed E-state index contributed by atoms with van der Waals surface area (Å²) in [7, 11) is 0. The van der Waals surface area contributed by atoms with E-state index < -0.39 is 23.1 Å². The fourth-order valence-electron chi connectivity index (χ4n) is 2.76. The number of rotatable bonds is 3. The van der Waals surface area contributed by atoms with Crippen molar-refractivity contribution in [1.29, 1.82) is 0 Å². The molecule has 6 nitrogen and oxygen atoms in total. The van der Waals surface area contributed by atoms with Gasteiger partial charge in [0.15, 0.2) is 5.79 Å². The minimum absolute atomic E-state index is 0.136. The summed E-state index contributed by atoms with van der Waals surface area (Å²) in [6.07, 6.45) is -0.136. The normalized spacial score (nSPS) is 26.5. The Labute approximate surface area is 124 Å². The van der Waals surface area contributed by atoms with Crippen LogP contribution in [0.15, 0.2) is 17.3 Å².